The van der Waals surface area contributed by atoms with Gasteiger partial charge in [0.25, 0.3) is 11.6 Å². The first-order valence-corrected chi connectivity index (χ1v) is 7.88. The van der Waals surface area contributed by atoms with Gasteiger partial charge in [0.15, 0.2) is 5.82 Å². The van der Waals surface area contributed by atoms with Gasteiger partial charge < -0.3 is 5.32 Å². The second-order valence-electron chi connectivity index (χ2n) is 5.77. The van der Waals surface area contributed by atoms with E-state index in [4.69, 9.17) is 11.6 Å². The van der Waals surface area contributed by atoms with Gasteiger partial charge in [0.2, 0.25) is 0 Å². The van der Waals surface area contributed by atoms with E-state index in [9.17, 15) is 14.9 Å². The standard InChI is InChI=1S/C16H15ClN4O3/c1-9-6-7-18-15(19-9)14(10-2-3-10)20-16(22)11-4-5-13(21(23)24)12(17)8-11/h4-8,10,14H,2-3H2,1H3,(H,20,22). The minimum Gasteiger partial charge on any atom is -0.342 e. The van der Waals surface area contributed by atoms with E-state index in [0.717, 1.165) is 18.5 Å². The highest BCUT2D eigenvalue weighted by Gasteiger charge is 2.35. The maximum atomic E-state index is 12.5. The third-order valence-electron chi connectivity index (χ3n) is 3.88. The summed E-state index contributed by atoms with van der Waals surface area (Å²) in [5.74, 6) is 0.539. The summed E-state index contributed by atoms with van der Waals surface area (Å²) in [6.07, 6.45) is 3.68. The zero-order valence-corrected chi connectivity index (χ0v) is 13.7. The SMILES string of the molecule is Cc1ccnc(C(NC(=O)c2ccc([N+](=O)[O-])c(Cl)c2)C2CC2)n1. The normalized spacial score (nSPS) is 14.9. The molecule has 1 N–H and O–H groups in total. The average molecular weight is 347 g/mol. The lowest BCUT2D eigenvalue weighted by Gasteiger charge is -2.17. The van der Waals surface area contributed by atoms with Gasteiger partial charge >= 0.3 is 0 Å². The van der Waals surface area contributed by atoms with Crippen LogP contribution in [-0.4, -0.2) is 20.8 Å². The number of hydrogen-bond donors (Lipinski definition) is 1. The van der Waals surface area contributed by atoms with Crippen LogP contribution in [-0.2, 0) is 0 Å². The molecule has 3 rings (SSSR count). The minimum absolute atomic E-state index is 0.0672. The number of aryl methyl sites for hydroxylation is 1. The number of amides is 1. The van der Waals surface area contributed by atoms with Gasteiger partial charge in [-0.3, -0.25) is 14.9 Å². The van der Waals surface area contributed by atoms with Crippen molar-refractivity contribution in [3.05, 3.63) is 62.7 Å². The van der Waals surface area contributed by atoms with Crippen LogP contribution >= 0.6 is 11.6 Å². The predicted molar refractivity (Wildman–Crippen MR) is 87.8 cm³/mol. The molecule has 1 unspecified atom stereocenters. The Morgan fingerprint density at radius 3 is 2.75 bits per heavy atom. The van der Waals surface area contributed by atoms with Crippen LogP contribution in [0.15, 0.2) is 30.5 Å². The molecule has 1 heterocycles. The summed E-state index contributed by atoms with van der Waals surface area (Å²) in [5.41, 5.74) is 0.871. The van der Waals surface area contributed by atoms with Crippen LogP contribution in [0.2, 0.25) is 5.02 Å². The molecule has 124 valence electrons. The number of nitro benzene ring substituents is 1. The summed E-state index contributed by atoms with van der Waals surface area (Å²) in [6, 6.07) is 5.44. The van der Waals surface area contributed by atoms with Crippen LogP contribution < -0.4 is 5.32 Å². The van der Waals surface area contributed by atoms with Crippen molar-refractivity contribution in [3.63, 3.8) is 0 Å². The van der Waals surface area contributed by atoms with Gasteiger partial charge in [-0.15, -0.1) is 0 Å². The summed E-state index contributed by atoms with van der Waals surface area (Å²) in [5, 5.41) is 13.7. The van der Waals surface area contributed by atoms with Gasteiger partial charge in [-0.25, -0.2) is 9.97 Å². The number of benzene rings is 1. The molecule has 7 nitrogen and oxygen atoms in total. The van der Waals surface area contributed by atoms with Crippen molar-refractivity contribution in [2.24, 2.45) is 5.92 Å². The van der Waals surface area contributed by atoms with Crippen LogP contribution in [0.1, 0.15) is 40.8 Å². The van der Waals surface area contributed by atoms with Crippen molar-refractivity contribution < 1.29 is 9.72 Å². The molecule has 24 heavy (non-hydrogen) atoms. The van der Waals surface area contributed by atoms with E-state index in [1.165, 1.54) is 18.2 Å². The lowest BCUT2D eigenvalue weighted by atomic mass is 10.1. The number of hydrogen-bond acceptors (Lipinski definition) is 5. The van der Waals surface area contributed by atoms with Crippen LogP contribution in [0.25, 0.3) is 0 Å². The van der Waals surface area contributed by atoms with Crippen molar-refractivity contribution in [1.82, 2.24) is 15.3 Å². The van der Waals surface area contributed by atoms with Gasteiger partial charge in [-0.1, -0.05) is 11.6 Å². The Labute approximate surface area is 143 Å². The number of carbonyl (C=O) groups excluding carboxylic acids is 1. The second kappa shape index (κ2) is 6.52. The van der Waals surface area contributed by atoms with Gasteiger partial charge in [-0.05, 0) is 43.9 Å². The van der Waals surface area contributed by atoms with Crippen LogP contribution in [0.3, 0.4) is 0 Å². The zero-order valence-electron chi connectivity index (χ0n) is 12.9. The number of nitrogens with zero attached hydrogens (tertiary/aromatic N) is 3. The Morgan fingerprint density at radius 2 is 2.17 bits per heavy atom. The van der Waals surface area contributed by atoms with Gasteiger partial charge in [-0.2, -0.15) is 0 Å². The fourth-order valence-electron chi connectivity index (χ4n) is 2.46. The number of aromatic nitrogens is 2. The van der Waals surface area contributed by atoms with E-state index in [1.807, 2.05) is 6.92 Å². The molecule has 0 aliphatic heterocycles. The molecule has 0 saturated heterocycles. The molecular formula is C16H15ClN4O3. The highest BCUT2D eigenvalue weighted by molar-refractivity contribution is 6.33. The van der Waals surface area contributed by atoms with E-state index in [-0.39, 0.29) is 28.2 Å². The molecule has 1 saturated carbocycles. The van der Waals surface area contributed by atoms with E-state index >= 15 is 0 Å². The highest BCUT2D eigenvalue weighted by atomic mass is 35.5. The first kappa shape index (κ1) is 16.3. The van der Waals surface area contributed by atoms with Crippen molar-refractivity contribution in [1.29, 1.82) is 0 Å². The summed E-state index contributed by atoms with van der Waals surface area (Å²) < 4.78 is 0. The smallest absolute Gasteiger partial charge is 0.287 e. The van der Waals surface area contributed by atoms with Crippen molar-refractivity contribution in [2.75, 3.05) is 0 Å². The fraction of sp³-hybridized carbons (Fsp3) is 0.312. The minimum atomic E-state index is -0.586. The molecule has 1 amide bonds. The molecule has 0 radical (unpaired) electrons. The number of carbonyl (C=O) groups is 1. The van der Waals surface area contributed by atoms with Gasteiger partial charge in [0.05, 0.1) is 11.0 Å². The molecule has 0 bridgehead atoms. The van der Waals surface area contributed by atoms with Crippen molar-refractivity contribution >= 4 is 23.2 Å². The number of nitrogens with one attached hydrogen (secondary N) is 1. The fourth-order valence-corrected chi connectivity index (χ4v) is 2.71. The molecule has 8 heteroatoms. The molecule has 1 fully saturated rings. The Bertz CT molecular complexity index is 808. The Balaban J connectivity index is 1.82. The first-order valence-electron chi connectivity index (χ1n) is 7.50. The van der Waals surface area contributed by atoms with Crippen LogP contribution in [0.4, 0.5) is 5.69 Å². The van der Waals surface area contributed by atoms with Gasteiger partial charge in [0.1, 0.15) is 5.02 Å². The molecule has 1 aromatic carbocycles. The quantitative estimate of drug-likeness (QED) is 0.662. The summed E-state index contributed by atoms with van der Waals surface area (Å²) in [4.78, 5) is 31.4. The third kappa shape index (κ3) is 3.51. The first-order chi connectivity index (χ1) is 11.5. The average Bonchev–Trinajstić information content (AvgIpc) is 3.36. The third-order valence-corrected chi connectivity index (χ3v) is 4.18. The zero-order chi connectivity index (χ0) is 17.3. The largest absolute Gasteiger partial charge is 0.342 e. The molecular weight excluding hydrogens is 332 g/mol. The van der Waals surface area contributed by atoms with E-state index in [1.54, 1.807) is 12.3 Å². The van der Waals surface area contributed by atoms with Crippen molar-refractivity contribution in [3.8, 4) is 0 Å². The molecule has 1 aromatic heterocycles. The monoisotopic (exact) mass is 346 g/mol. The van der Waals surface area contributed by atoms with E-state index in [0.29, 0.717) is 11.7 Å². The summed E-state index contributed by atoms with van der Waals surface area (Å²) in [7, 11) is 0. The summed E-state index contributed by atoms with van der Waals surface area (Å²) >= 11 is 5.87. The number of nitro groups is 1. The predicted octanol–water partition coefficient (Wildman–Crippen LogP) is 3.23. The topological polar surface area (TPSA) is 98.0 Å². The van der Waals surface area contributed by atoms with Crippen molar-refractivity contribution in [2.45, 2.75) is 25.8 Å². The van der Waals surface area contributed by atoms with E-state index in [2.05, 4.69) is 15.3 Å². The second-order valence-corrected chi connectivity index (χ2v) is 6.18. The number of halogens is 1. The molecule has 0 spiro atoms. The molecule has 2 aromatic rings. The molecule has 1 atom stereocenters. The maximum Gasteiger partial charge on any atom is 0.287 e. The Morgan fingerprint density at radius 1 is 1.42 bits per heavy atom. The van der Waals surface area contributed by atoms with E-state index < -0.39 is 4.92 Å². The summed E-state index contributed by atoms with van der Waals surface area (Å²) in [6.45, 7) is 1.87. The van der Waals surface area contributed by atoms with Gasteiger partial charge in [0, 0.05) is 23.5 Å². The number of rotatable bonds is 5. The lowest BCUT2D eigenvalue weighted by Crippen LogP contribution is -2.31. The highest BCUT2D eigenvalue weighted by Crippen LogP contribution is 2.40. The Kier molecular flexibility index (Phi) is 4.44. The van der Waals surface area contributed by atoms with Crippen LogP contribution in [0.5, 0.6) is 0 Å². The lowest BCUT2D eigenvalue weighted by molar-refractivity contribution is -0.384. The van der Waals surface area contributed by atoms with Crippen LogP contribution in [0, 0.1) is 23.0 Å². The Hall–Kier alpha value is -2.54. The molecule has 1 aliphatic rings. The maximum absolute atomic E-state index is 12.5. The molecule has 1 aliphatic carbocycles.